The topological polar surface area (TPSA) is 39.1 Å². The van der Waals surface area contributed by atoms with Crippen molar-refractivity contribution in [1.29, 1.82) is 0 Å². The van der Waals surface area contributed by atoms with Gasteiger partial charge in [0, 0.05) is 12.2 Å². The number of thiophene rings is 1. The molecule has 98 valence electrons. The molecule has 5 heteroatoms. The molecule has 0 amide bonds. The second-order valence-corrected chi connectivity index (χ2v) is 5.32. The van der Waals surface area contributed by atoms with Gasteiger partial charge >= 0.3 is 0 Å². The molecule has 0 saturated heterocycles. The zero-order valence-corrected chi connectivity index (χ0v) is 12.0. The molecule has 1 unspecified atom stereocenters. The normalized spacial score (nSPS) is 12.9. The van der Waals surface area contributed by atoms with Crippen molar-refractivity contribution in [2.75, 3.05) is 14.2 Å². The van der Waals surface area contributed by atoms with Gasteiger partial charge in [-0.05, 0) is 38.4 Å². The van der Waals surface area contributed by atoms with Crippen LogP contribution in [0.25, 0.3) is 0 Å². The zero-order chi connectivity index (χ0) is 13.1. The molecule has 1 N–H and O–H groups in total. The van der Waals surface area contributed by atoms with Crippen LogP contribution in [0.2, 0.25) is 0 Å². The Bertz CT molecular complexity index is 504. The van der Waals surface area contributed by atoms with Gasteiger partial charge in [0.1, 0.15) is 5.75 Å². The molecule has 0 fully saturated rings. The summed E-state index contributed by atoms with van der Waals surface area (Å²) in [5, 5.41) is 9.79. The summed E-state index contributed by atoms with van der Waals surface area (Å²) in [6.45, 7) is 4.27. The van der Waals surface area contributed by atoms with Gasteiger partial charge in [0.05, 0.1) is 23.7 Å². The molecule has 18 heavy (non-hydrogen) atoms. The summed E-state index contributed by atoms with van der Waals surface area (Å²) in [6.07, 6.45) is 1.85. The predicted molar refractivity (Wildman–Crippen MR) is 74.4 cm³/mol. The van der Waals surface area contributed by atoms with Crippen molar-refractivity contribution in [2.24, 2.45) is 0 Å². The van der Waals surface area contributed by atoms with Crippen molar-refractivity contribution < 1.29 is 4.74 Å². The van der Waals surface area contributed by atoms with Crippen LogP contribution < -0.4 is 10.1 Å². The molecule has 2 rings (SSSR count). The van der Waals surface area contributed by atoms with E-state index in [0.29, 0.717) is 6.04 Å². The minimum absolute atomic E-state index is 0.116. The van der Waals surface area contributed by atoms with E-state index in [1.807, 2.05) is 24.0 Å². The Kier molecular flexibility index (Phi) is 4.04. The maximum atomic E-state index is 5.41. The summed E-state index contributed by atoms with van der Waals surface area (Å²) in [7, 11) is 3.67. The maximum Gasteiger partial charge on any atom is 0.134 e. The van der Waals surface area contributed by atoms with E-state index < -0.39 is 0 Å². The fourth-order valence-corrected chi connectivity index (χ4v) is 3.07. The lowest BCUT2D eigenvalue weighted by Gasteiger charge is -2.19. The van der Waals surface area contributed by atoms with E-state index >= 15 is 0 Å². The highest BCUT2D eigenvalue weighted by Gasteiger charge is 2.22. The fourth-order valence-electron chi connectivity index (χ4n) is 2.09. The lowest BCUT2D eigenvalue weighted by Crippen LogP contribution is -2.22. The van der Waals surface area contributed by atoms with Gasteiger partial charge in [-0.3, -0.25) is 4.68 Å². The number of nitrogens with one attached hydrogen (secondary N) is 1. The van der Waals surface area contributed by atoms with Crippen molar-refractivity contribution in [1.82, 2.24) is 15.1 Å². The van der Waals surface area contributed by atoms with Gasteiger partial charge in [0.2, 0.25) is 0 Å². The molecule has 2 aromatic heterocycles. The third kappa shape index (κ3) is 2.28. The highest BCUT2D eigenvalue weighted by atomic mass is 32.1. The summed E-state index contributed by atoms with van der Waals surface area (Å²) in [4.78, 5) is 1.18. The van der Waals surface area contributed by atoms with E-state index in [0.717, 1.165) is 11.4 Å². The van der Waals surface area contributed by atoms with Crippen LogP contribution >= 0.6 is 11.3 Å². The summed E-state index contributed by atoms with van der Waals surface area (Å²) < 4.78 is 7.45. The van der Waals surface area contributed by atoms with E-state index in [-0.39, 0.29) is 6.04 Å². The van der Waals surface area contributed by atoms with Crippen molar-refractivity contribution >= 4 is 11.3 Å². The Balaban J connectivity index is 2.42. The largest absolute Gasteiger partial charge is 0.496 e. The third-order valence-corrected chi connectivity index (χ3v) is 3.88. The minimum atomic E-state index is 0.116. The number of methoxy groups -OCH3 is 1. The molecular formula is C13H19N3OS. The quantitative estimate of drug-likeness (QED) is 0.903. The standard InChI is InChI=1S/C13H19N3OS/c1-9(2)16-10(5-7-15-16)12(14-3)13-11(17-4)6-8-18-13/h5-9,12,14H,1-4H3. The van der Waals surface area contributed by atoms with Crippen LogP contribution in [0.1, 0.15) is 36.5 Å². The van der Waals surface area contributed by atoms with Crippen LogP contribution in [-0.4, -0.2) is 23.9 Å². The van der Waals surface area contributed by atoms with Crippen LogP contribution in [0.4, 0.5) is 0 Å². The molecule has 4 nitrogen and oxygen atoms in total. The average molecular weight is 265 g/mol. The summed E-state index contributed by atoms with van der Waals surface area (Å²) >= 11 is 1.70. The second-order valence-electron chi connectivity index (χ2n) is 4.37. The highest BCUT2D eigenvalue weighted by molar-refractivity contribution is 7.10. The van der Waals surface area contributed by atoms with Crippen LogP contribution in [0.5, 0.6) is 5.75 Å². The monoisotopic (exact) mass is 265 g/mol. The Morgan fingerprint density at radius 3 is 2.78 bits per heavy atom. The molecule has 0 radical (unpaired) electrons. The first-order valence-electron chi connectivity index (χ1n) is 6.01. The summed E-state index contributed by atoms with van der Waals surface area (Å²) in [5.74, 6) is 0.927. The molecule has 0 aliphatic heterocycles. The SMILES string of the molecule is CNC(c1sccc1OC)c1ccnn1C(C)C. The van der Waals surface area contributed by atoms with Crippen LogP contribution in [-0.2, 0) is 0 Å². The number of hydrogen-bond donors (Lipinski definition) is 1. The number of ether oxygens (including phenoxy) is 1. The highest BCUT2D eigenvalue weighted by Crippen LogP contribution is 2.34. The second kappa shape index (κ2) is 5.54. The Labute approximate surface area is 112 Å². The smallest absolute Gasteiger partial charge is 0.134 e. The van der Waals surface area contributed by atoms with Crippen molar-refractivity contribution in [3.05, 3.63) is 34.3 Å². The van der Waals surface area contributed by atoms with Gasteiger partial charge in [-0.15, -0.1) is 11.3 Å². The molecule has 0 aliphatic carbocycles. The van der Waals surface area contributed by atoms with Crippen molar-refractivity contribution in [2.45, 2.75) is 25.9 Å². The molecule has 1 atom stereocenters. The molecule has 0 bridgehead atoms. The molecule has 0 aromatic carbocycles. The van der Waals surface area contributed by atoms with Crippen LogP contribution in [0.15, 0.2) is 23.7 Å². The molecule has 2 aromatic rings. The third-order valence-electron chi connectivity index (χ3n) is 2.91. The van der Waals surface area contributed by atoms with Gasteiger partial charge in [0.15, 0.2) is 0 Å². The number of nitrogens with zero attached hydrogens (tertiary/aromatic N) is 2. The van der Waals surface area contributed by atoms with Crippen molar-refractivity contribution in [3.63, 3.8) is 0 Å². The zero-order valence-electron chi connectivity index (χ0n) is 11.2. The van der Waals surface area contributed by atoms with Crippen molar-refractivity contribution in [3.8, 4) is 5.75 Å². The average Bonchev–Trinajstić information content (AvgIpc) is 2.98. The van der Waals surface area contributed by atoms with Gasteiger partial charge in [-0.1, -0.05) is 0 Å². The predicted octanol–water partition coefficient (Wildman–Crippen LogP) is 2.84. The van der Waals surface area contributed by atoms with E-state index in [9.17, 15) is 0 Å². The molecule has 0 saturated carbocycles. The lowest BCUT2D eigenvalue weighted by atomic mass is 10.1. The summed E-state index contributed by atoms with van der Waals surface area (Å²) in [6, 6.07) is 4.52. The first-order chi connectivity index (χ1) is 8.69. The van der Waals surface area contributed by atoms with E-state index in [1.54, 1.807) is 18.4 Å². The van der Waals surface area contributed by atoms with Gasteiger partial charge in [-0.25, -0.2) is 0 Å². The number of hydrogen-bond acceptors (Lipinski definition) is 4. The van der Waals surface area contributed by atoms with Gasteiger partial charge < -0.3 is 10.1 Å². The van der Waals surface area contributed by atoms with E-state index in [4.69, 9.17) is 4.74 Å². The Morgan fingerprint density at radius 1 is 1.39 bits per heavy atom. The van der Waals surface area contributed by atoms with E-state index in [1.165, 1.54) is 4.88 Å². The Morgan fingerprint density at radius 2 is 2.17 bits per heavy atom. The molecular weight excluding hydrogens is 246 g/mol. The summed E-state index contributed by atoms with van der Waals surface area (Å²) in [5.41, 5.74) is 1.16. The lowest BCUT2D eigenvalue weighted by molar-refractivity contribution is 0.405. The van der Waals surface area contributed by atoms with Gasteiger partial charge in [-0.2, -0.15) is 5.10 Å². The number of rotatable bonds is 5. The molecule has 0 aliphatic rings. The molecule has 2 heterocycles. The first kappa shape index (κ1) is 13.1. The minimum Gasteiger partial charge on any atom is -0.496 e. The van der Waals surface area contributed by atoms with E-state index in [2.05, 4.69) is 35.7 Å². The Hall–Kier alpha value is -1.33. The van der Waals surface area contributed by atoms with Crippen LogP contribution in [0, 0.1) is 0 Å². The fraction of sp³-hybridized carbons (Fsp3) is 0.462. The first-order valence-corrected chi connectivity index (χ1v) is 6.89. The van der Waals surface area contributed by atoms with Gasteiger partial charge in [0.25, 0.3) is 0 Å². The number of aromatic nitrogens is 2. The maximum absolute atomic E-state index is 5.41. The van der Waals surface area contributed by atoms with Crippen LogP contribution in [0.3, 0.4) is 0 Å². The molecule has 0 spiro atoms.